The van der Waals surface area contributed by atoms with Crippen LogP contribution in [-0.2, 0) is 6.54 Å². The molecule has 0 saturated carbocycles. The van der Waals surface area contributed by atoms with Crippen molar-refractivity contribution in [2.75, 3.05) is 13.1 Å². The van der Waals surface area contributed by atoms with Gasteiger partial charge in [-0.3, -0.25) is 4.90 Å². The predicted molar refractivity (Wildman–Crippen MR) is 68.3 cm³/mol. The van der Waals surface area contributed by atoms with Crippen LogP contribution in [0.25, 0.3) is 0 Å². The van der Waals surface area contributed by atoms with Gasteiger partial charge in [0.2, 0.25) is 0 Å². The number of benzene rings is 1. The Morgan fingerprint density at radius 1 is 1.13 bits per heavy atom. The Hall–Kier alpha value is -0.0500. The first-order chi connectivity index (χ1) is 7.24. The third kappa shape index (κ3) is 3.47. The first-order valence-electron chi connectivity index (χ1n) is 5.41. The van der Waals surface area contributed by atoms with E-state index in [1.807, 2.05) is 6.07 Å². The minimum absolute atomic E-state index is 0.816. The monoisotopic (exact) mass is 287 g/mol. The Balaban J connectivity index is 2.02. The number of hydrogen-bond acceptors (Lipinski definition) is 1. The molecule has 0 unspecified atom stereocenters. The van der Waals surface area contributed by atoms with Gasteiger partial charge in [0.25, 0.3) is 0 Å². The molecule has 0 radical (unpaired) electrons. The molecule has 2 rings (SSSR count). The molecule has 1 aliphatic rings. The summed E-state index contributed by atoms with van der Waals surface area (Å²) in [5.74, 6) is 0. The van der Waals surface area contributed by atoms with Gasteiger partial charge in [-0.05, 0) is 49.7 Å². The van der Waals surface area contributed by atoms with Crippen LogP contribution in [0.5, 0.6) is 0 Å². The highest BCUT2D eigenvalue weighted by Gasteiger charge is 2.10. The van der Waals surface area contributed by atoms with Crippen molar-refractivity contribution >= 4 is 27.5 Å². The van der Waals surface area contributed by atoms with Crippen molar-refractivity contribution in [2.24, 2.45) is 0 Å². The van der Waals surface area contributed by atoms with Crippen LogP contribution >= 0.6 is 27.5 Å². The molecular formula is C12H15BrClN. The van der Waals surface area contributed by atoms with E-state index in [1.54, 1.807) is 0 Å². The molecule has 1 fully saturated rings. The molecule has 0 spiro atoms. The molecule has 0 aromatic heterocycles. The summed E-state index contributed by atoms with van der Waals surface area (Å²) < 4.78 is 1.07. The van der Waals surface area contributed by atoms with Crippen LogP contribution in [0.15, 0.2) is 22.7 Å². The normalized spacial score (nSPS) is 18.0. The van der Waals surface area contributed by atoms with Gasteiger partial charge in [-0.25, -0.2) is 0 Å². The zero-order valence-electron chi connectivity index (χ0n) is 8.68. The van der Waals surface area contributed by atoms with Crippen LogP contribution < -0.4 is 0 Å². The SMILES string of the molecule is Clc1cc(Br)cc(CN2CCCCC2)c1. The van der Waals surface area contributed by atoms with Crippen molar-refractivity contribution in [3.05, 3.63) is 33.3 Å². The van der Waals surface area contributed by atoms with Crippen molar-refractivity contribution in [3.63, 3.8) is 0 Å². The molecule has 0 bridgehead atoms. The summed E-state index contributed by atoms with van der Waals surface area (Å²) >= 11 is 9.49. The molecule has 1 aromatic rings. The van der Waals surface area contributed by atoms with Gasteiger partial charge in [-0.1, -0.05) is 34.0 Å². The quantitative estimate of drug-likeness (QED) is 0.792. The van der Waals surface area contributed by atoms with E-state index in [9.17, 15) is 0 Å². The second-order valence-corrected chi connectivity index (χ2v) is 5.47. The van der Waals surface area contributed by atoms with E-state index in [1.165, 1.54) is 37.9 Å². The van der Waals surface area contributed by atoms with Gasteiger partial charge in [-0.2, -0.15) is 0 Å². The van der Waals surface area contributed by atoms with Gasteiger partial charge in [-0.15, -0.1) is 0 Å². The van der Waals surface area contributed by atoms with E-state index in [2.05, 4.69) is 33.0 Å². The van der Waals surface area contributed by atoms with Gasteiger partial charge < -0.3 is 0 Å². The maximum atomic E-state index is 6.02. The zero-order valence-corrected chi connectivity index (χ0v) is 11.0. The maximum Gasteiger partial charge on any atom is 0.0420 e. The van der Waals surface area contributed by atoms with Crippen molar-refractivity contribution in [2.45, 2.75) is 25.8 Å². The number of rotatable bonds is 2. The first kappa shape index (κ1) is 11.4. The van der Waals surface area contributed by atoms with Gasteiger partial charge in [0.1, 0.15) is 0 Å². The van der Waals surface area contributed by atoms with Crippen molar-refractivity contribution < 1.29 is 0 Å². The fourth-order valence-electron chi connectivity index (χ4n) is 2.08. The minimum atomic E-state index is 0.816. The number of likely N-dealkylation sites (tertiary alicyclic amines) is 1. The molecule has 1 nitrogen and oxygen atoms in total. The molecule has 82 valence electrons. The third-order valence-electron chi connectivity index (χ3n) is 2.78. The van der Waals surface area contributed by atoms with Crippen LogP contribution in [0.3, 0.4) is 0 Å². The summed E-state index contributed by atoms with van der Waals surface area (Å²) in [6.07, 6.45) is 4.05. The smallest absolute Gasteiger partial charge is 0.0420 e. The van der Waals surface area contributed by atoms with Crippen LogP contribution in [0.4, 0.5) is 0 Å². The lowest BCUT2D eigenvalue weighted by molar-refractivity contribution is 0.221. The third-order valence-corrected chi connectivity index (χ3v) is 3.45. The molecule has 0 amide bonds. The molecule has 0 atom stereocenters. The van der Waals surface area contributed by atoms with Gasteiger partial charge in [0.15, 0.2) is 0 Å². The Morgan fingerprint density at radius 2 is 1.87 bits per heavy atom. The standard InChI is InChI=1S/C12H15BrClN/c13-11-6-10(7-12(14)8-11)9-15-4-2-1-3-5-15/h6-8H,1-5,9H2. The molecule has 3 heteroatoms. The number of nitrogens with zero attached hydrogens (tertiary/aromatic N) is 1. The van der Waals surface area contributed by atoms with E-state index in [0.717, 1.165) is 16.0 Å². The van der Waals surface area contributed by atoms with Crippen molar-refractivity contribution in [3.8, 4) is 0 Å². The predicted octanol–water partition coefficient (Wildman–Crippen LogP) is 4.09. The Kier molecular flexibility index (Phi) is 4.06. The molecule has 0 aliphatic carbocycles. The van der Waals surface area contributed by atoms with Crippen LogP contribution in [0.1, 0.15) is 24.8 Å². The van der Waals surface area contributed by atoms with E-state index in [0.29, 0.717) is 0 Å². The van der Waals surface area contributed by atoms with Gasteiger partial charge in [0.05, 0.1) is 0 Å². The van der Waals surface area contributed by atoms with Crippen LogP contribution in [0, 0.1) is 0 Å². The van der Waals surface area contributed by atoms with Crippen LogP contribution in [0.2, 0.25) is 5.02 Å². The summed E-state index contributed by atoms with van der Waals surface area (Å²) in [5.41, 5.74) is 1.30. The summed E-state index contributed by atoms with van der Waals surface area (Å²) in [6, 6.07) is 6.14. The fourth-order valence-corrected chi connectivity index (χ4v) is 3.01. The molecule has 0 N–H and O–H groups in total. The van der Waals surface area contributed by atoms with Crippen molar-refractivity contribution in [1.29, 1.82) is 0 Å². The Labute approximate surface area is 105 Å². The Bertz CT molecular complexity index is 314. The lowest BCUT2D eigenvalue weighted by atomic mass is 10.1. The summed E-state index contributed by atoms with van der Waals surface area (Å²) in [6.45, 7) is 3.48. The van der Waals surface area contributed by atoms with E-state index in [-0.39, 0.29) is 0 Å². The van der Waals surface area contributed by atoms with E-state index in [4.69, 9.17) is 11.6 Å². The average Bonchev–Trinajstić information content (AvgIpc) is 2.17. The molecule has 1 aromatic carbocycles. The van der Waals surface area contributed by atoms with Gasteiger partial charge in [0, 0.05) is 16.0 Å². The second-order valence-electron chi connectivity index (χ2n) is 4.11. The number of halogens is 2. The largest absolute Gasteiger partial charge is 0.299 e. The minimum Gasteiger partial charge on any atom is -0.299 e. The highest BCUT2D eigenvalue weighted by molar-refractivity contribution is 9.10. The molecular weight excluding hydrogens is 273 g/mol. The van der Waals surface area contributed by atoms with Crippen molar-refractivity contribution in [1.82, 2.24) is 4.90 Å². The molecule has 15 heavy (non-hydrogen) atoms. The number of piperidine rings is 1. The second kappa shape index (κ2) is 5.33. The zero-order chi connectivity index (χ0) is 10.7. The lowest BCUT2D eigenvalue weighted by Gasteiger charge is -2.26. The summed E-state index contributed by atoms with van der Waals surface area (Å²) in [5, 5.41) is 0.816. The number of hydrogen-bond donors (Lipinski definition) is 0. The van der Waals surface area contributed by atoms with E-state index >= 15 is 0 Å². The average molecular weight is 289 g/mol. The maximum absolute atomic E-state index is 6.02. The molecule has 1 saturated heterocycles. The topological polar surface area (TPSA) is 3.24 Å². The van der Waals surface area contributed by atoms with Crippen LogP contribution in [-0.4, -0.2) is 18.0 Å². The lowest BCUT2D eigenvalue weighted by Crippen LogP contribution is -2.29. The highest BCUT2D eigenvalue weighted by atomic mass is 79.9. The molecule has 1 aliphatic heterocycles. The van der Waals surface area contributed by atoms with Gasteiger partial charge >= 0.3 is 0 Å². The summed E-state index contributed by atoms with van der Waals surface area (Å²) in [7, 11) is 0. The first-order valence-corrected chi connectivity index (χ1v) is 6.58. The Morgan fingerprint density at radius 3 is 2.53 bits per heavy atom. The highest BCUT2D eigenvalue weighted by Crippen LogP contribution is 2.21. The summed E-state index contributed by atoms with van der Waals surface area (Å²) in [4.78, 5) is 2.50. The fraction of sp³-hybridized carbons (Fsp3) is 0.500. The van der Waals surface area contributed by atoms with E-state index < -0.39 is 0 Å². The molecule has 1 heterocycles.